The largest absolute Gasteiger partial charge is 0.406 e. The van der Waals surface area contributed by atoms with E-state index in [0.717, 1.165) is 19.3 Å². The van der Waals surface area contributed by atoms with Gasteiger partial charge in [0, 0.05) is 24.9 Å². The number of rotatable bonds is 4. The van der Waals surface area contributed by atoms with Gasteiger partial charge in [-0.05, 0) is 12.8 Å². The maximum absolute atomic E-state index is 12.4. The van der Waals surface area contributed by atoms with Crippen LogP contribution in [0.25, 0.3) is 0 Å². The molecule has 8 heteroatoms. The Labute approximate surface area is 133 Å². The number of hydrogen-bond donors (Lipinski definition) is 2. The number of halogens is 3. The second-order valence-electron chi connectivity index (χ2n) is 6.92. The number of carbonyl (C=O) groups excluding carboxylic acids is 2. The van der Waals surface area contributed by atoms with Gasteiger partial charge in [-0.25, -0.2) is 0 Å². The zero-order chi connectivity index (χ0) is 17.3. The molecule has 0 unspecified atom stereocenters. The van der Waals surface area contributed by atoms with Crippen LogP contribution in [0.4, 0.5) is 13.2 Å². The van der Waals surface area contributed by atoms with Crippen LogP contribution in [0.1, 0.15) is 39.0 Å². The fraction of sp³-hybridized carbons (Fsp3) is 0.867. The maximum atomic E-state index is 12.4. The minimum absolute atomic E-state index is 0.193. The highest BCUT2D eigenvalue weighted by Gasteiger charge is 2.41. The molecule has 1 saturated heterocycles. The SMILES string of the molecule is C[C@]1(CNC(=O)[C@H]2CC(=O)N(CC(F)(F)F)C2)CCCC[C@H]1O. The van der Waals surface area contributed by atoms with Crippen LogP contribution in [0.2, 0.25) is 0 Å². The Morgan fingerprint density at radius 3 is 2.74 bits per heavy atom. The van der Waals surface area contributed by atoms with Gasteiger partial charge in [0.05, 0.1) is 12.0 Å². The Balaban J connectivity index is 1.86. The third-order valence-corrected chi connectivity index (χ3v) is 4.90. The molecule has 1 heterocycles. The zero-order valence-corrected chi connectivity index (χ0v) is 13.2. The normalized spacial score (nSPS) is 32.2. The molecule has 0 aromatic carbocycles. The molecule has 2 rings (SSSR count). The first-order valence-corrected chi connectivity index (χ1v) is 7.91. The lowest BCUT2D eigenvalue weighted by atomic mass is 9.73. The van der Waals surface area contributed by atoms with Crippen molar-refractivity contribution in [1.29, 1.82) is 0 Å². The first-order chi connectivity index (χ1) is 10.6. The van der Waals surface area contributed by atoms with Crippen molar-refractivity contribution >= 4 is 11.8 Å². The fourth-order valence-electron chi connectivity index (χ4n) is 3.34. The number of aliphatic hydroxyl groups is 1. The molecule has 0 spiro atoms. The highest BCUT2D eigenvalue weighted by molar-refractivity contribution is 5.89. The summed E-state index contributed by atoms with van der Waals surface area (Å²) in [5.74, 6) is -1.82. The van der Waals surface area contributed by atoms with E-state index < -0.39 is 42.0 Å². The predicted octanol–water partition coefficient (Wildman–Crippen LogP) is 1.45. The maximum Gasteiger partial charge on any atom is 0.406 e. The summed E-state index contributed by atoms with van der Waals surface area (Å²) in [7, 11) is 0. The summed E-state index contributed by atoms with van der Waals surface area (Å²) in [6.07, 6.45) is -1.74. The van der Waals surface area contributed by atoms with Crippen molar-refractivity contribution < 1.29 is 27.9 Å². The minimum atomic E-state index is -4.46. The van der Waals surface area contributed by atoms with Gasteiger partial charge < -0.3 is 15.3 Å². The van der Waals surface area contributed by atoms with Crippen molar-refractivity contribution in [1.82, 2.24) is 10.2 Å². The first kappa shape index (κ1) is 18.0. The molecule has 1 aliphatic carbocycles. The van der Waals surface area contributed by atoms with Gasteiger partial charge in [-0.15, -0.1) is 0 Å². The average molecular weight is 336 g/mol. The number of hydrogen-bond acceptors (Lipinski definition) is 3. The van der Waals surface area contributed by atoms with Gasteiger partial charge in [0.2, 0.25) is 11.8 Å². The van der Waals surface area contributed by atoms with Crippen molar-refractivity contribution in [2.45, 2.75) is 51.3 Å². The van der Waals surface area contributed by atoms with Gasteiger partial charge in [-0.3, -0.25) is 9.59 Å². The summed E-state index contributed by atoms with van der Waals surface area (Å²) in [4.78, 5) is 24.4. The zero-order valence-electron chi connectivity index (χ0n) is 13.2. The standard InChI is InChI=1S/C15H23F3N2O3/c1-14(5-3-2-4-11(14)21)8-19-13(23)10-6-12(22)20(7-10)9-15(16,17)18/h10-11,21H,2-9H2,1H3,(H,19,23)/t10-,11+,14+/m0/s1. The summed E-state index contributed by atoms with van der Waals surface area (Å²) in [6.45, 7) is 0.652. The lowest BCUT2D eigenvalue weighted by Gasteiger charge is -2.38. The van der Waals surface area contributed by atoms with Crippen molar-refractivity contribution in [3.63, 3.8) is 0 Å². The third-order valence-electron chi connectivity index (χ3n) is 4.90. The Bertz CT molecular complexity index is 469. The smallest absolute Gasteiger partial charge is 0.392 e. The molecule has 2 aliphatic rings. The second kappa shape index (κ2) is 6.67. The number of nitrogens with one attached hydrogen (secondary N) is 1. The van der Waals surface area contributed by atoms with E-state index in [0.29, 0.717) is 11.3 Å². The molecular weight excluding hydrogens is 313 g/mol. The first-order valence-electron chi connectivity index (χ1n) is 7.91. The summed E-state index contributed by atoms with van der Waals surface area (Å²) in [5, 5.41) is 12.8. The van der Waals surface area contributed by atoms with Crippen LogP contribution in [0.15, 0.2) is 0 Å². The summed E-state index contributed by atoms with van der Waals surface area (Å²) in [5.41, 5.74) is -0.415. The predicted molar refractivity (Wildman–Crippen MR) is 76.3 cm³/mol. The quantitative estimate of drug-likeness (QED) is 0.816. The van der Waals surface area contributed by atoms with E-state index in [1.807, 2.05) is 6.92 Å². The molecule has 5 nitrogen and oxygen atoms in total. The molecule has 2 N–H and O–H groups in total. The summed E-state index contributed by atoms with van der Waals surface area (Å²) in [6, 6.07) is 0. The minimum Gasteiger partial charge on any atom is -0.392 e. The monoisotopic (exact) mass is 336 g/mol. The van der Waals surface area contributed by atoms with E-state index in [1.54, 1.807) is 0 Å². The van der Waals surface area contributed by atoms with E-state index >= 15 is 0 Å². The van der Waals surface area contributed by atoms with Gasteiger partial charge in [0.15, 0.2) is 0 Å². The fourth-order valence-corrected chi connectivity index (χ4v) is 3.34. The molecule has 0 bridgehead atoms. The topological polar surface area (TPSA) is 69.6 Å². The van der Waals surface area contributed by atoms with Crippen molar-refractivity contribution in [2.24, 2.45) is 11.3 Å². The van der Waals surface area contributed by atoms with Crippen LogP contribution in [0.3, 0.4) is 0 Å². The van der Waals surface area contributed by atoms with E-state index in [4.69, 9.17) is 0 Å². The van der Waals surface area contributed by atoms with E-state index in [1.165, 1.54) is 0 Å². The number of likely N-dealkylation sites (tertiary alicyclic amines) is 1. The Morgan fingerprint density at radius 2 is 2.13 bits per heavy atom. The number of aliphatic hydroxyl groups excluding tert-OH is 1. The average Bonchev–Trinajstić information content (AvgIpc) is 2.79. The third kappa shape index (κ3) is 4.59. The molecule has 0 aromatic rings. The number of carbonyl (C=O) groups is 2. The van der Waals surface area contributed by atoms with Crippen molar-refractivity contribution in [3.05, 3.63) is 0 Å². The van der Waals surface area contributed by atoms with E-state index in [9.17, 15) is 27.9 Å². The van der Waals surface area contributed by atoms with Crippen LogP contribution >= 0.6 is 0 Å². The van der Waals surface area contributed by atoms with Crippen LogP contribution in [-0.2, 0) is 9.59 Å². The number of alkyl halides is 3. The second-order valence-corrected chi connectivity index (χ2v) is 6.92. The van der Waals surface area contributed by atoms with Gasteiger partial charge in [-0.1, -0.05) is 19.8 Å². The van der Waals surface area contributed by atoms with E-state index in [-0.39, 0.29) is 19.5 Å². The highest BCUT2D eigenvalue weighted by Crippen LogP contribution is 2.35. The Kier molecular flexibility index (Phi) is 5.23. The molecule has 0 radical (unpaired) electrons. The molecular formula is C15H23F3N2O3. The summed E-state index contributed by atoms with van der Waals surface area (Å²) >= 11 is 0. The number of nitrogens with zero attached hydrogens (tertiary/aromatic N) is 1. The molecule has 0 aromatic heterocycles. The summed E-state index contributed by atoms with van der Waals surface area (Å²) < 4.78 is 37.1. The van der Waals surface area contributed by atoms with E-state index in [2.05, 4.69) is 5.32 Å². The Hall–Kier alpha value is -1.31. The van der Waals surface area contributed by atoms with Gasteiger partial charge in [0.1, 0.15) is 6.54 Å². The van der Waals surface area contributed by atoms with Crippen molar-refractivity contribution in [2.75, 3.05) is 19.6 Å². The Morgan fingerprint density at radius 1 is 1.43 bits per heavy atom. The molecule has 2 amide bonds. The lowest BCUT2D eigenvalue weighted by molar-refractivity contribution is -0.157. The lowest BCUT2D eigenvalue weighted by Crippen LogP contribution is -2.46. The molecule has 3 atom stereocenters. The van der Waals surface area contributed by atoms with Gasteiger partial charge >= 0.3 is 6.18 Å². The van der Waals surface area contributed by atoms with Crippen molar-refractivity contribution in [3.8, 4) is 0 Å². The van der Waals surface area contributed by atoms with Crippen LogP contribution in [0, 0.1) is 11.3 Å². The van der Waals surface area contributed by atoms with Crippen LogP contribution in [-0.4, -0.2) is 53.7 Å². The number of amides is 2. The van der Waals surface area contributed by atoms with Crippen LogP contribution in [0.5, 0.6) is 0 Å². The van der Waals surface area contributed by atoms with Gasteiger partial charge in [0.25, 0.3) is 0 Å². The molecule has 1 aliphatic heterocycles. The highest BCUT2D eigenvalue weighted by atomic mass is 19.4. The molecule has 2 fully saturated rings. The molecule has 1 saturated carbocycles. The molecule has 23 heavy (non-hydrogen) atoms. The van der Waals surface area contributed by atoms with Gasteiger partial charge in [-0.2, -0.15) is 13.2 Å². The molecule has 132 valence electrons. The van der Waals surface area contributed by atoms with Crippen LogP contribution < -0.4 is 5.32 Å².